The molecule has 0 atom stereocenters. The molecule has 2 N–H and O–H groups in total. The fourth-order valence-corrected chi connectivity index (χ4v) is 2.12. The zero-order valence-corrected chi connectivity index (χ0v) is 14.9. The topological polar surface area (TPSA) is 106 Å². The number of aromatic nitrogens is 3. The fraction of sp³-hybridized carbons (Fsp3) is 0.412. The molecule has 0 saturated carbocycles. The van der Waals surface area contributed by atoms with Gasteiger partial charge in [-0.15, -0.1) is 5.10 Å². The highest BCUT2D eigenvalue weighted by Crippen LogP contribution is 2.18. The Kier molecular flexibility index (Phi) is 5.10. The number of amides is 1. The van der Waals surface area contributed by atoms with Crippen LogP contribution < -0.4 is 10.1 Å². The summed E-state index contributed by atoms with van der Waals surface area (Å²) in [6.07, 6.45) is 0.0758. The number of aliphatic carboxylic acids is 1. The third-order valence-corrected chi connectivity index (χ3v) is 3.52. The van der Waals surface area contributed by atoms with Crippen LogP contribution >= 0.6 is 0 Å². The first-order valence-electron chi connectivity index (χ1n) is 7.87. The van der Waals surface area contributed by atoms with Gasteiger partial charge in [0, 0.05) is 0 Å². The second-order valence-corrected chi connectivity index (χ2v) is 6.48. The number of hydrogen-bond donors (Lipinski definition) is 2. The van der Waals surface area contributed by atoms with Gasteiger partial charge in [-0.3, -0.25) is 4.79 Å². The Labute approximate surface area is 145 Å². The van der Waals surface area contributed by atoms with E-state index >= 15 is 0 Å². The van der Waals surface area contributed by atoms with Gasteiger partial charge in [-0.25, -0.2) is 9.48 Å². The van der Waals surface area contributed by atoms with Crippen molar-refractivity contribution in [1.82, 2.24) is 20.3 Å². The molecule has 1 aromatic carbocycles. The van der Waals surface area contributed by atoms with Crippen molar-refractivity contribution in [2.24, 2.45) is 0 Å². The zero-order chi connectivity index (χ0) is 18.8. The summed E-state index contributed by atoms with van der Waals surface area (Å²) in [5, 5.41) is 19.4. The van der Waals surface area contributed by atoms with Crippen molar-refractivity contribution in [3.8, 4) is 11.4 Å². The van der Waals surface area contributed by atoms with Crippen molar-refractivity contribution in [3.05, 3.63) is 35.7 Å². The molecule has 134 valence electrons. The molecule has 8 nitrogen and oxygen atoms in total. The van der Waals surface area contributed by atoms with Gasteiger partial charge in [0.05, 0.1) is 17.5 Å². The van der Waals surface area contributed by atoms with Crippen LogP contribution in [-0.2, 0) is 4.79 Å². The van der Waals surface area contributed by atoms with Gasteiger partial charge in [0.2, 0.25) is 0 Å². The molecule has 0 aliphatic heterocycles. The molecular formula is C17H22N4O4. The van der Waals surface area contributed by atoms with E-state index in [1.165, 1.54) is 18.5 Å². The second-order valence-electron chi connectivity index (χ2n) is 6.48. The lowest BCUT2D eigenvalue weighted by atomic mass is 10.1. The normalized spacial score (nSPS) is 11.4. The first-order chi connectivity index (χ1) is 11.6. The highest BCUT2D eigenvalue weighted by Gasteiger charge is 2.31. The number of carbonyl (C=O) groups excluding carboxylic acids is 1. The van der Waals surface area contributed by atoms with E-state index in [4.69, 9.17) is 9.84 Å². The summed E-state index contributed by atoms with van der Waals surface area (Å²) in [4.78, 5) is 23.4. The van der Waals surface area contributed by atoms with Crippen LogP contribution in [0.3, 0.4) is 0 Å². The average molecular weight is 346 g/mol. The van der Waals surface area contributed by atoms with E-state index in [-0.39, 0.29) is 11.8 Å². The van der Waals surface area contributed by atoms with E-state index in [1.54, 1.807) is 6.92 Å². The standard InChI is InChI=1S/C17H22N4O4/c1-10(2)25-13-8-6-12(7-9-13)21-11(3)14(19-20-21)15(22)18-17(4,5)16(23)24/h6-10H,1-5H3,(H,18,22)(H,23,24). The molecule has 1 amide bonds. The number of carboxylic acids is 1. The van der Waals surface area contributed by atoms with Gasteiger partial charge in [0.1, 0.15) is 11.3 Å². The van der Waals surface area contributed by atoms with Gasteiger partial charge >= 0.3 is 5.97 Å². The lowest BCUT2D eigenvalue weighted by Crippen LogP contribution is -2.49. The molecule has 25 heavy (non-hydrogen) atoms. The third kappa shape index (κ3) is 4.14. The summed E-state index contributed by atoms with van der Waals surface area (Å²) < 4.78 is 7.11. The predicted molar refractivity (Wildman–Crippen MR) is 91.0 cm³/mol. The molecule has 0 saturated heterocycles. The summed E-state index contributed by atoms with van der Waals surface area (Å²) in [7, 11) is 0. The van der Waals surface area contributed by atoms with E-state index in [9.17, 15) is 9.59 Å². The number of ether oxygens (including phenoxy) is 1. The molecule has 8 heteroatoms. The molecule has 0 aliphatic rings. The van der Waals surface area contributed by atoms with Crippen LogP contribution in [-0.4, -0.2) is 43.6 Å². The summed E-state index contributed by atoms with van der Waals surface area (Å²) in [5.41, 5.74) is -0.0888. The molecule has 0 bridgehead atoms. The smallest absolute Gasteiger partial charge is 0.328 e. The van der Waals surface area contributed by atoms with Crippen molar-refractivity contribution in [2.45, 2.75) is 46.3 Å². The molecule has 0 spiro atoms. The molecule has 2 rings (SSSR count). The van der Waals surface area contributed by atoms with Gasteiger partial charge in [-0.1, -0.05) is 5.21 Å². The summed E-state index contributed by atoms with van der Waals surface area (Å²) in [6.45, 7) is 8.39. The molecule has 0 radical (unpaired) electrons. The third-order valence-electron chi connectivity index (χ3n) is 3.52. The van der Waals surface area contributed by atoms with E-state index in [0.717, 1.165) is 11.4 Å². The maximum atomic E-state index is 12.3. The predicted octanol–water partition coefficient (Wildman–Crippen LogP) is 1.96. The SMILES string of the molecule is Cc1c(C(=O)NC(C)(C)C(=O)O)nnn1-c1ccc(OC(C)C)cc1. The van der Waals surface area contributed by atoms with Crippen molar-refractivity contribution in [3.63, 3.8) is 0 Å². The lowest BCUT2D eigenvalue weighted by molar-refractivity contribution is -0.143. The first kappa shape index (κ1) is 18.4. The number of rotatable bonds is 6. The molecule has 0 fully saturated rings. The van der Waals surface area contributed by atoms with Crippen LogP contribution in [0, 0.1) is 6.92 Å². The number of benzene rings is 1. The van der Waals surface area contributed by atoms with Crippen LogP contribution in [0.2, 0.25) is 0 Å². The Morgan fingerprint density at radius 3 is 2.36 bits per heavy atom. The number of nitrogens with one attached hydrogen (secondary N) is 1. The first-order valence-corrected chi connectivity index (χ1v) is 7.87. The van der Waals surface area contributed by atoms with E-state index in [2.05, 4.69) is 15.6 Å². The minimum absolute atomic E-state index is 0.0758. The summed E-state index contributed by atoms with van der Waals surface area (Å²) in [5.74, 6) is -0.986. The Morgan fingerprint density at radius 2 is 1.84 bits per heavy atom. The van der Waals surface area contributed by atoms with Crippen LogP contribution in [0.5, 0.6) is 5.75 Å². The van der Waals surface area contributed by atoms with Gasteiger partial charge in [-0.05, 0) is 58.9 Å². The average Bonchev–Trinajstić information content (AvgIpc) is 2.88. The second kappa shape index (κ2) is 6.92. The number of carbonyl (C=O) groups is 2. The maximum Gasteiger partial charge on any atom is 0.328 e. The maximum absolute atomic E-state index is 12.3. The molecule has 1 aromatic heterocycles. The molecule has 1 heterocycles. The number of nitrogens with zero attached hydrogens (tertiary/aromatic N) is 3. The van der Waals surface area contributed by atoms with Crippen molar-refractivity contribution in [1.29, 1.82) is 0 Å². The molecule has 2 aromatic rings. The Bertz CT molecular complexity index is 778. The fourth-order valence-electron chi connectivity index (χ4n) is 2.12. The summed E-state index contributed by atoms with van der Waals surface area (Å²) >= 11 is 0. The van der Waals surface area contributed by atoms with Crippen LogP contribution in [0.1, 0.15) is 43.9 Å². The van der Waals surface area contributed by atoms with Crippen molar-refractivity contribution >= 4 is 11.9 Å². The minimum Gasteiger partial charge on any atom is -0.491 e. The Hall–Kier alpha value is -2.90. The van der Waals surface area contributed by atoms with E-state index < -0.39 is 17.4 Å². The van der Waals surface area contributed by atoms with Crippen molar-refractivity contribution < 1.29 is 19.4 Å². The quantitative estimate of drug-likeness (QED) is 0.828. The van der Waals surface area contributed by atoms with Crippen LogP contribution in [0.25, 0.3) is 5.69 Å². The van der Waals surface area contributed by atoms with Gasteiger partial charge in [0.15, 0.2) is 5.69 Å². The van der Waals surface area contributed by atoms with E-state index in [0.29, 0.717) is 5.69 Å². The van der Waals surface area contributed by atoms with Crippen LogP contribution in [0.4, 0.5) is 0 Å². The van der Waals surface area contributed by atoms with Gasteiger partial charge in [0.25, 0.3) is 5.91 Å². The minimum atomic E-state index is -1.40. The highest BCUT2D eigenvalue weighted by molar-refractivity contribution is 5.96. The molecule has 0 unspecified atom stereocenters. The largest absolute Gasteiger partial charge is 0.491 e. The monoisotopic (exact) mass is 346 g/mol. The number of carboxylic acid groups (broad SMARTS) is 1. The Morgan fingerprint density at radius 1 is 1.24 bits per heavy atom. The van der Waals surface area contributed by atoms with Crippen LogP contribution in [0.15, 0.2) is 24.3 Å². The summed E-state index contributed by atoms with van der Waals surface area (Å²) in [6, 6.07) is 7.23. The van der Waals surface area contributed by atoms with Gasteiger partial charge < -0.3 is 15.2 Å². The molecular weight excluding hydrogens is 324 g/mol. The van der Waals surface area contributed by atoms with E-state index in [1.807, 2.05) is 38.1 Å². The molecule has 0 aliphatic carbocycles. The Balaban J connectivity index is 2.23. The van der Waals surface area contributed by atoms with Crippen molar-refractivity contribution in [2.75, 3.05) is 0 Å². The number of hydrogen-bond acceptors (Lipinski definition) is 5. The zero-order valence-electron chi connectivity index (χ0n) is 14.9. The lowest BCUT2D eigenvalue weighted by Gasteiger charge is -2.20. The highest BCUT2D eigenvalue weighted by atomic mass is 16.5. The van der Waals surface area contributed by atoms with Gasteiger partial charge in [-0.2, -0.15) is 0 Å².